The van der Waals surface area contributed by atoms with Crippen LogP contribution in [0.4, 0.5) is 4.39 Å². The monoisotopic (exact) mass is 403 g/mol. The van der Waals surface area contributed by atoms with E-state index in [2.05, 4.69) is 25.9 Å². The predicted octanol–water partition coefficient (Wildman–Crippen LogP) is 4.54. The van der Waals surface area contributed by atoms with Gasteiger partial charge >= 0.3 is 0 Å². The molecule has 0 aliphatic rings. The Labute approximate surface area is 149 Å². The number of aromatic amines is 1. The van der Waals surface area contributed by atoms with Crippen LogP contribution in [0.1, 0.15) is 11.4 Å². The van der Waals surface area contributed by atoms with Gasteiger partial charge in [-0.2, -0.15) is 5.26 Å². The normalized spacial score (nSPS) is 11.5. The number of hydrogen-bond acceptors (Lipinski definition) is 3. The minimum absolute atomic E-state index is 0.123. The highest BCUT2D eigenvalue weighted by molar-refractivity contribution is 9.10. The van der Waals surface area contributed by atoms with E-state index in [1.165, 1.54) is 24.3 Å². The first-order valence-corrected chi connectivity index (χ1v) is 7.92. The summed E-state index contributed by atoms with van der Waals surface area (Å²) in [5.74, 6) is -0.282. The Balaban J connectivity index is 2.16. The molecule has 4 nitrogen and oxygen atoms in total. The van der Waals surface area contributed by atoms with Gasteiger partial charge in [-0.25, -0.2) is 9.37 Å². The van der Waals surface area contributed by atoms with E-state index < -0.39 is 5.82 Å². The summed E-state index contributed by atoms with van der Waals surface area (Å²) >= 11 is 9.02. The van der Waals surface area contributed by atoms with Crippen LogP contribution in [-0.2, 0) is 0 Å². The number of aromatic nitrogens is 2. The van der Waals surface area contributed by atoms with Gasteiger partial charge in [-0.15, -0.1) is 0 Å². The van der Waals surface area contributed by atoms with E-state index in [9.17, 15) is 14.4 Å². The number of fused-ring (bicyclic) bond motifs is 1. The second-order valence-corrected chi connectivity index (χ2v) is 6.21. The number of rotatable bonds is 2. The third kappa shape index (κ3) is 3.23. The van der Waals surface area contributed by atoms with E-state index in [0.717, 1.165) is 0 Å². The topological polar surface area (TPSA) is 69.5 Å². The molecule has 0 amide bonds. The average molecular weight is 405 g/mol. The summed E-state index contributed by atoms with van der Waals surface area (Å²) in [6.07, 6.45) is 1.51. The highest BCUT2D eigenvalue weighted by Crippen LogP contribution is 2.21. The first-order chi connectivity index (χ1) is 11.5. The van der Waals surface area contributed by atoms with Crippen molar-refractivity contribution in [1.29, 1.82) is 5.26 Å². The summed E-state index contributed by atoms with van der Waals surface area (Å²) < 4.78 is 13.6. The maximum atomic E-state index is 13.3. The quantitative estimate of drug-likeness (QED) is 0.637. The van der Waals surface area contributed by atoms with E-state index in [4.69, 9.17) is 11.6 Å². The second kappa shape index (κ2) is 6.56. The van der Waals surface area contributed by atoms with Crippen molar-refractivity contribution < 1.29 is 4.39 Å². The summed E-state index contributed by atoms with van der Waals surface area (Å²) in [6.45, 7) is 0. The minimum Gasteiger partial charge on any atom is -0.305 e. The Morgan fingerprint density at radius 2 is 2.12 bits per heavy atom. The maximum Gasteiger partial charge on any atom is 0.259 e. The molecule has 0 fully saturated rings. The lowest BCUT2D eigenvalue weighted by Gasteiger charge is -2.03. The number of nitriles is 1. The first-order valence-electron chi connectivity index (χ1n) is 6.75. The summed E-state index contributed by atoms with van der Waals surface area (Å²) in [6, 6.07) is 11.0. The smallest absolute Gasteiger partial charge is 0.259 e. The molecule has 0 saturated carbocycles. The molecule has 1 N–H and O–H groups in total. The molecule has 0 aliphatic heterocycles. The average Bonchev–Trinajstić information content (AvgIpc) is 2.55. The van der Waals surface area contributed by atoms with Crippen LogP contribution in [0, 0.1) is 17.1 Å². The molecule has 0 spiro atoms. The van der Waals surface area contributed by atoms with Crippen molar-refractivity contribution in [3.63, 3.8) is 0 Å². The van der Waals surface area contributed by atoms with E-state index in [-0.39, 0.29) is 21.4 Å². The number of halogens is 3. The molecular formula is C17H8BrClFN3O. The SMILES string of the molecule is N#CC(=Cc1ccc(F)c(Br)c1)c1nc2cc(Cl)ccc2c(=O)[nH]1. The van der Waals surface area contributed by atoms with Crippen LogP contribution >= 0.6 is 27.5 Å². The highest BCUT2D eigenvalue weighted by atomic mass is 79.9. The van der Waals surface area contributed by atoms with Gasteiger partial charge < -0.3 is 4.98 Å². The number of H-pyrrole nitrogens is 1. The molecule has 7 heteroatoms. The molecular weight excluding hydrogens is 397 g/mol. The number of benzene rings is 2. The summed E-state index contributed by atoms with van der Waals surface area (Å²) in [5.41, 5.74) is 0.761. The molecule has 3 rings (SSSR count). The van der Waals surface area contributed by atoms with Crippen LogP contribution < -0.4 is 5.56 Å². The molecule has 0 radical (unpaired) electrons. The molecule has 1 aromatic heterocycles. The van der Waals surface area contributed by atoms with Crippen molar-refractivity contribution in [3.05, 3.63) is 73.5 Å². The maximum absolute atomic E-state index is 13.3. The Morgan fingerprint density at radius 1 is 1.33 bits per heavy atom. The van der Waals surface area contributed by atoms with Crippen molar-refractivity contribution in [2.75, 3.05) is 0 Å². The van der Waals surface area contributed by atoms with Crippen molar-refractivity contribution in [3.8, 4) is 6.07 Å². The molecule has 1 heterocycles. The largest absolute Gasteiger partial charge is 0.305 e. The zero-order chi connectivity index (χ0) is 17.3. The van der Waals surface area contributed by atoms with Gasteiger partial charge in [-0.1, -0.05) is 17.7 Å². The van der Waals surface area contributed by atoms with E-state index in [1.54, 1.807) is 18.2 Å². The van der Waals surface area contributed by atoms with Gasteiger partial charge in [-0.05, 0) is 57.9 Å². The van der Waals surface area contributed by atoms with Crippen LogP contribution in [0.5, 0.6) is 0 Å². The molecule has 0 saturated heterocycles. The number of hydrogen-bond donors (Lipinski definition) is 1. The van der Waals surface area contributed by atoms with Crippen molar-refractivity contribution in [1.82, 2.24) is 9.97 Å². The fourth-order valence-electron chi connectivity index (χ4n) is 2.16. The first kappa shape index (κ1) is 16.4. The Bertz CT molecular complexity index is 1090. The molecule has 24 heavy (non-hydrogen) atoms. The summed E-state index contributed by atoms with van der Waals surface area (Å²) in [4.78, 5) is 19.0. The highest BCUT2D eigenvalue weighted by Gasteiger charge is 2.09. The van der Waals surface area contributed by atoms with Crippen molar-refractivity contribution >= 4 is 50.1 Å². The number of nitrogens with one attached hydrogen (secondary N) is 1. The van der Waals surface area contributed by atoms with Gasteiger partial charge in [0, 0.05) is 5.02 Å². The van der Waals surface area contributed by atoms with Crippen LogP contribution in [0.15, 0.2) is 45.7 Å². The molecule has 118 valence electrons. The third-order valence-corrected chi connectivity index (χ3v) is 4.14. The predicted molar refractivity (Wildman–Crippen MR) is 95.0 cm³/mol. The van der Waals surface area contributed by atoms with Crippen LogP contribution in [0.2, 0.25) is 5.02 Å². The molecule has 0 bridgehead atoms. The van der Waals surface area contributed by atoms with Gasteiger partial charge in [0.2, 0.25) is 0 Å². The summed E-state index contributed by atoms with van der Waals surface area (Å²) in [5, 5.41) is 10.2. The lowest BCUT2D eigenvalue weighted by Crippen LogP contribution is -2.11. The summed E-state index contributed by atoms with van der Waals surface area (Å²) in [7, 11) is 0. The Hall–Kier alpha value is -2.49. The fraction of sp³-hybridized carbons (Fsp3) is 0. The Kier molecular flexibility index (Phi) is 4.47. The van der Waals surface area contributed by atoms with E-state index >= 15 is 0 Å². The van der Waals surface area contributed by atoms with Crippen molar-refractivity contribution in [2.45, 2.75) is 0 Å². The Morgan fingerprint density at radius 3 is 2.83 bits per heavy atom. The minimum atomic E-state index is -0.405. The number of allylic oxidation sites excluding steroid dienone is 1. The molecule has 0 aliphatic carbocycles. The van der Waals surface area contributed by atoms with Gasteiger partial charge in [0.15, 0.2) is 5.82 Å². The number of nitrogens with zero attached hydrogens (tertiary/aromatic N) is 2. The van der Waals surface area contributed by atoms with Gasteiger partial charge in [-0.3, -0.25) is 4.79 Å². The van der Waals surface area contributed by atoms with E-state index in [0.29, 0.717) is 21.5 Å². The molecule has 3 aromatic rings. The molecule has 0 unspecified atom stereocenters. The molecule has 2 aromatic carbocycles. The van der Waals surface area contributed by atoms with Gasteiger partial charge in [0.05, 0.1) is 20.9 Å². The van der Waals surface area contributed by atoms with Crippen LogP contribution in [0.25, 0.3) is 22.6 Å². The second-order valence-electron chi connectivity index (χ2n) is 4.92. The van der Waals surface area contributed by atoms with Gasteiger partial charge in [0.1, 0.15) is 11.9 Å². The standard InChI is InChI=1S/C17H8BrClFN3O/c18-13-6-9(1-4-14(13)20)5-10(8-21)16-22-15-7-11(19)2-3-12(15)17(24)23-16/h1-7H,(H,22,23,24). The van der Waals surface area contributed by atoms with Gasteiger partial charge in [0.25, 0.3) is 5.56 Å². The molecule has 0 atom stereocenters. The van der Waals surface area contributed by atoms with E-state index in [1.807, 2.05) is 6.07 Å². The zero-order valence-corrected chi connectivity index (χ0v) is 14.3. The van der Waals surface area contributed by atoms with Crippen LogP contribution in [-0.4, -0.2) is 9.97 Å². The van der Waals surface area contributed by atoms with Crippen molar-refractivity contribution in [2.24, 2.45) is 0 Å². The zero-order valence-electron chi connectivity index (χ0n) is 12.0. The lowest BCUT2D eigenvalue weighted by molar-refractivity contribution is 0.621. The van der Waals surface area contributed by atoms with Crippen LogP contribution in [0.3, 0.4) is 0 Å². The lowest BCUT2D eigenvalue weighted by atomic mass is 10.1. The fourth-order valence-corrected chi connectivity index (χ4v) is 2.73. The third-order valence-electron chi connectivity index (χ3n) is 3.30.